The van der Waals surface area contributed by atoms with E-state index in [0.717, 1.165) is 33.7 Å². The van der Waals surface area contributed by atoms with Crippen molar-refractivity contribution in [1.82, 2.24) is 4.57 Å². The molecule has 1 aliphatic heterocycles. The second-order valence-corrected chi connectivity index (χ2v) is 11.4. The van der Waals surface area contributed by atoms with Crippen LogP contribution in [0.1, 0.15) is 42.1 Å². The van der Waals surface area contributed by atoms with Crippen LogP contribution >= 0.6 is 11.3 Å². The number of carbonyl (C=O) groups excluding carboxylic acids is 1. The van der Waals surface area contributed by atoms with Crippen LogP contribution in [0.2, 0.25) is 0 Å². The van der Waals surface area contributed by atoms with E-state index in [-0.39, 0.29) is 12.2 Å². The number of hydrogen-bond donors (Lipinski definition) is 0. The molecular weight excluding hydrogens is 562 g/mol. The molecule has 0 saturated heterocycles. The molecule has 0 aliphatic carbocycles. The number of rotatable bonds is 9. The lowest BCUT2D eigenvalue weighted by Gasteiger charge is -2.25. The van der Waals surface area contributed by atoms with Crippen LogP contribution in [0.25, 0.3) is 6.08 Å². The van der Waals surface area contributed by atoms with Gasteiger partial charge in [0.2, 0.25) is 0 Å². The number of thiazole rings is 1. The van der Waals surface area contributed by atoms with Crippen molar-refractivity contribution in [2.45, 2.75) is 33.4 Å². The third-order valence-electron chi connectivity index (χ3n) is 7.32. The van der Waals surface area contributed by atoms with E-state index in [1.165, 1.54) is 11.3 Å². The maximum Gasteiger partial charge on any atom is 0.338 e. The molecule has 1 aromatic heterocycles. The van der Waals surface area contributed by atoms with E-state index >= 15 is 0 Å². The number of allylic oxidation sites excluding steroid dienone is 1. The molecule has 0 bridgehead atoms. The molecule has 0 spiro atoms. The van der Waals surface area contributed by atoms with Gasteiger partial charge in [-0.1, -0.05) is 47.7 Å². The summed E-state index contributed by atoms with van der Waals surface area (Å²) in [5.41, 5.74) is 5.20. The number of aromatic nitrogens is 1. The maximum atomic E-state index is 14.0. The minimum Gasteiger partial charge on any atom is -0.496 e. The Morgan fingerprint density at radius 2 is 1.79 bits per heavy atom. The van der Waals surface area contributed by atoms with Crippen molar-refractivity contribution in [3.8, 4) is 11.5 Å². The normalized spacial score (nSPS) is 14.7. The first-order valence-corrected chi connectivity index (χ1v) is 14.9. The average molecular weight is 598 g/mol. The van der Waals surface area contributed by atoms with Gasteiger partial charge in [0.25, 0.3) is 5.56 Å². The molecule has 0 amide bonds. The molecule has 0 N–H and O–H groups in total. The average Bonchev–Trinajstić information content (AvgIpc) is 3.30. The van der Waals surface area contributed by atoms with E-state index in [1.54, 1.807) is 25.5 Å². The highest BCUT2D eigenvalue weighted by Gasteiger charge is 2.33. The van der Waals surface area contributed by atoms with Crippen molar-refractivity contribution >= 4 is 29.1 Å². The molecule has 9 heteroatoms. The standard InChI is InChI=1S/C34H35N3O5S/c1-7-41-33(39)30-22(3)35-34-37(31(30)24-13-15-26(16-14-24)36(4)5)32(38)29(43-34)19-23-12-17-28(40-6)25(18-23)20-42-27-11-9-8-10-21(27)2/h8-19,31H,7,20H2,1-6H3/b29-19+. The molecule has 5 rings (SSSR count). The van der Waals surface area contributed by atoms with Gasteiger partial charge in [-0.2, -0.15) is 0 Å². The van der Waals surface area contributed by atoms with Gasteiger partial charge in [0.15, 0.2) is 4.80 Å². The lowest BCUT2D eigenvalue weighted by molar-refractivity contribution is -0.139. The first-order valence-electron chi connectivity index (χ1n) is 14.0. The summed E-state index contributed by atoms with van der Waals surface area (Å²) < 4.78 is 19.2. The number of hydrogen-bond acceptors (Lipinski definition) is 8. The lowest BCUT2D eigenvalue weighted by Crippen LogP contribution is -2.39. The number of para-hydroxylation sites is 1. The molecule has 222 valence electrons. The number of aryl methyl sites for hydroxylation is 1. The Labute approximate surface area is 254 Å². The Hall–Kier alpha value is -4.63. The van der Waals surface area contributed by atoms with Crippen molar-refractivity contribution in [2.24, 2.45) is 4.99 Å². The molecule has 3 aromatic carbocycles. The van der Waals surface area contributed by atoms with E-state index in [4.69, 9.17) is 14.2 Å². The summed E-state index contributed by atoms with van der Waals surface area (Å²) in [6.45, 7) is 6.08. The van der Waals surface area contributed by atoms with Crippen LogP contribution < -0.4 is 29.3 Å². The zero-order valence-electron chi connectivity index (χ0n) is 25.2. The van der Waals surface area contributed by atoms with Gasteiger partial charge in [-0.15, -0.1) is 0 Å². The SMILES string of the molecule is CCOC(=O)C1=C(C)N=c2s/c(=C/c3ccc(OC)c(COc4ccccc4C)c3)c(=O)n2C1c1ccc(N(C)C)cc1. The third kappa shape index (κ3) is 6.12. The number of esters is 1. The second-order valence-electron chi connectivity index (χ2n) is 10.4. The molecule has 2 heterocycles. The van der Waals surface area contributed by atoms with Gasteiger partial charge in [0.1, 0.15) is 18.1 Å². The quantitative estimate of drug-likeness (QED) is 0.259. The van der Waals surface area contributed by atoms with Crippen molar-refractivity contribution in [3.63, 3.8) is 0 Å². The van der Waals surface area contributed by atoms with E-state index in [9.17, 15) is 9.59 Å². The Bertz CT molecular complexity index is 1870. The largest absolute Gasteiger partial charge is 0.496 e. The maximum absolute atomic E-state index is 14.0. The minimum absolute atomic E-state index is 0.222. The zero-order valence-corrected chi connectivity index (χ0v) is 26.0. The number of nitrogens with zero attached hydrogens (tertiary/aromatic N) is 3. The zero-order chi connectivity index (χ0) is 30.7. The van der Waals surface area contributed by atoms with Crippen molar-refractivity contribution in [3.05, 3.63) is 120 Å². The van der Waals surface area contributed by atoms with E-state index in [1.807, 2.05) is 98.7 Å². The Balaban J connectivity index is 1.58. The fraction of sp³-hybridized carbons (Fsp3) is 0.265. The number of benzene rings is 3. The Morgan fingerprint density at radius 1 is 1.05 bits per heavy atom. The van der Waals surface area contributed by atoms with Crippen molar-refractivity contribution in [2.75, 3.05) is 32.7 Å². The van der Waals surface area contributed by atoms with Crippen LogP contribution in [0.15, 0.2) is 87.8 Å². The number of anilines is 1. The van der Waals surface area contributed by atoms with Gasteiger partial charge < -0.3 is 19.1 Å². The molecule has 0 fully saturated rings. The van der Waals surface area contributed by atoms with Gasteiger partial charge in [-0.25, -0.2) is 9.79 Å². The predicted octanol–water partition coefficient (Wildman–Crippen LogP) is 4.76. The van der Waals surface area contributed by atoms with Gasteiger partial charge in [-0.3, -0.25) is 9.36 Å². The summed E-state index contributed by atoms with van der Waals surface area (Å²) >= 11 is 1.29. The van der Waals surface area contributed by atoms with Crippen LogP contribution in [-0.4, -0.2) is 38.3 Å². The van der Waals surface area contributed by atoms with Crippen molar-refractivity contribution < 1.29 is 19.0 Å². The first-order chi connectivity index (χ1) is 20.7. The highest BCUT2D eigenvalue weighted by Crippen LogP contribution is 2.32. The highest BCUT2D eigenvalue weighted by molar-refractivity contribution is 7.07. The molecule has 1 aliphatic rings. The fourth-order valence-electron chi connectivity index (χ4n) is 5.09. The topological polar surface area (TPSA) is 82.4 Å². The molecule has 1 unspecified atom stereocenters. The monoisotopic (exact) mass is 597 g/mol. The van der Waals surface area contributed by atoms with Crippen LogP contribution in [0.3, 0.4) is 0 Å². The summed E-state index contributed by atoms with van der Waals surface area (Å²) in [6.07, 6.45) is 1.84. The summed E-state index contributed by atoms with van der Waals surface area (Å²) in [4.78, 5) is 34.4. The number of fused-ring (bicyclic) bond motifs is 1. The number of methoxy groups -OCH3 is 1. The van der Waals surface area contributed by atoms with Crippen LogP contribution in [-0.2, 0) is 16.1 Å². The molecule has 8 nitrogen and oxygen atoms in total. The Morgan fingerprint density at radius 3 is 2.47 bits per heavy atom. The fourth-order valence-corrected chi connectivity index (χ4v) is 6.13. The van der Waals surface area contributed by atoms with Crippen LogP contribution in [0.5, 0.6) is 11.5 Å². The summed E-state index contributed by atoms with van der Waals surface area (Å²) in [7, 11) is 5.55. The van der Waals surface area contributed by atoms with Gasteiger partial charge in [0.05, 0.1) is 35.6 Å². The van der Waals surface area contributed by atoms with Crippen molar-refractivity contribution in [1.29, 1.82) is 0 Å². The minimum atomic E-state index is -0.664. The summed E-state index contributed by atoms with van der Waals surface area (Å²) in [5, 5.41) is 0. The molecule has 1 atom stereocenters. The van der Waals surface area contributed by atoms with E-state index in [2.05, 4.69) is 4.99 Å². The molecule has 0 radical (unpaired) electrons. The number of carbonyl (C=O) groups is 1. The molecule has 0 saturated carbocycles. The molecular formula is C34H35N3O5S. The third-order valence-corrected chi connectivity index (χ3v) is 8.30. The first kappa shape index (κ1) is 29.8. The van der Waals surface area contributed by atoms with Gasteiger partial charge >= 0.3 is 5.97 Å². The van der Waals surface area contributed by atoms with E-state index in [0.29, 0.717) is 33.0 Å². The van der Waals surface area contributed by atoms with Gasteiger partial charge in [-0.05, 0) is 73.9 Å². The van der Waals surface area contributed by atoms with E-state index < -0.39 is 12.0 Å². The number of ether oxygens (including phenoxy) is 3. The summed E-state index contributed by atoms with van der Waals surface area (Å²) in [6, 6.07) is 20.8. The second kappa shape index (κ2) is 12.7. The summed E-state index contributed by atoms with van der Waals surface area (Å²) in [5.74, 6) is 1.02. The van der Waals surface area contributed by atoms with Crippen LogP contribution in [0, 0.1) is 6.92 Å². The molecule has 43 heavy (non-hydrogen) atoms. The smallest absolute Gasteiger partial charge is 0.338 e. The highest BCUT2D eigenvalue weighted by atomic mass is 32.1. The Kier molecular flexibility index (Phi) is 8.82. The van der Waals surface area contributed by atoms with Gasteiger partial charge in [0, 0.05) is 25.3 Å². The van der Waals surface area contributed by atoms with Crippen LogP contribution in [0.4, 0.5) is 5.69 Å². The predicted molar refractivity (Wildman–Crippen MR) is 170 cm³/mol. The molecule has 4 aromatic rings. The lowest BCUT2D eigenvalue weighted by atomic mass is 9.95.